The van der Waals surface area contributed by atoms with Crippen LogP contribution in [0.2, 0.25) is 0 Å². The maximum atomic E-state index is 9.87. The van der Waals surface area contributed by atoms with Crippen LogP contribution in [0.15, 0.2) is 12.2 Å². The maximum Gasteiger partial charge on any atom is 0.331 e. The first-order valence-corrected chi connectivity index (χ1v) is 6.83. The molecule has 0 radical (unpaired) electrons. The summed E-state index contributed by atoms with van der Waals surface area (Å²) in [6.07, 6.45) is -0.105. The first kappa shape index (κ1) is 22.1. The lowest BCUT2D eigenvalue weighted by Crippen LogP contribution is -2.27. The normalized spacial score (nSPS) is 14.9. The van der Waals surface area contributed by atoms with Gasteiger partial charge in [-0.25, -0.2) is 4.79 Å². The van der Waals surface area contributed by atoms with Crippen molar-refractivity contribution in [3.63, 3.8) is 0 Å². The number of epoxide rings is 1. The molecule has 1 fully saturated rings. The molecule has 1 aliphatic rings. The second-order valence-corrected chi connectivity index (χ2v) is 4.22. The Bertz CT molecular complexity index is 307. The molecule has 7 N–H and O–H groups in total. The summed E-state index contributed by atoms with van der Waals surface area (Å²) in [4.78, 5) is 19.7. The van der Waals surface area contributed by atoms with E-state index in [0.29, 0.717) is 25.1 Å². The lowest BCUT2D eigenvalue weighted by atomic mass is 10.2. The van der Waals surface area contributed by atoms with Gasteiger partial charge in [-0.15, -0.1) is 11.6 Å². The average molecular weight is 326 g/mol. The fraction of sp³-hybridized carbons (Fsp3) is 0.667. The van der Waals surface area contributed by atoms with Crippen LogP contribution < -0.4 is 16.8 Å². The van der Waals surface area contributed by atoms with Crippen molar-refractivity contribution in [3.8, 4) is 0 Å². The zero-order valence-electron chi connectivity index (χ0n) is 11.9. The van der Waals surface area contributed by atoms with Gasteiger partial charge in [0.2, 0.25) is 0 Å². The number of hydrogen-bond acceptors (Lipinski definition) is 6. The minimum absolute atomic E-state index is 0.303. The summed E-state index contributed by atoms with van der Waals surface area (Å²) in [5.74, 6) is -1.78. The van der Waals surface area contributed by atoms with Gasteiger partial charge in [0, 0.05) is 31.8 Å². The SMILES string of the molecule is C=C(CC(=O)O)C(=O)O.ClCC1CO1.NCCNCCN. The first-order valence-electron chi connectivity index (χ1n) is 6.30. The van der Waals surface area contributed by atoms with E-state index in [4.69, 9.17) is 38.0 Å². The Hall–Kier alpha value is -1.19. The predicted octanol–water partition coefficient (Wildman–Crippen LogP) is -0.781. The van der Waals surface area contributed by atoms with Crippen LogP contribution >= 0.6 is 11.6 Å². The molecule has 8 nitrogen and oxygen atoms in total. The molecule has 1 aliphatic heterocycles. The monoisotopic (exact) mass is 325 g/mol. The van der Waals surface area contributed by atoms with E-state index in [1.807, 2.05) is 0 Å². The molecule has 1 saturated heterocycles. The molecule has 0 aromatic rings. The number of carboxylic acids is 2. The second kappa shape index (κ2) is 15.2. The second-order valence-electron chi connectivity index (χ2n) is 3.92. The summed E-state index contributed by atoms with van der Waals surface area (Å²) >= 11 is 5.27. The molecule has 0 aliphatic carbocycles. The summed E-state index contributed by atoms with van der Waals surface area (Å²) in [5.41, 5.74) is 10.0. The molecule has 0 bridgehead atoms. The molecular weight excluding hydrogens is 302 g/mol. The number of carbonyl (C=O) groups is 2. The lowest BCUT2D eigenvalue weighted by molar-refractivity contribution is -0.139. The molecule has 0 aromatic carbocycles. The summed E-state index contributed by atoms with van der Waals surface area (Å²) in [7, 11) is 0. The molecule has 0 saturated carbocycles. The topological polar surface area (TPSA) is 151 Å². The van der Waals surface area contributed by atoms with Crippen molar-refractivity contribution in [2.45, 2.75) is 12.5 Å². The molecule has 1 atom stereocenters. The van der Waals surface area contributed by atoms with Crippen LogP contribution in [0, 0.1) is 0 Å². The van der Waals surface area contributed by atoms with Gasteiger partial charge in [0.25, 0.3) is 0 Å². The number of nitrogens with two attached hydrogens (primary N) is 2. The van der Waals surface area contributed by atoms with Gasteiger partial charge in [-0.3, -0.25) is 4.79 Å². The lowest BCUT2D eigenvalue weighted by Gasteiger charge is -1.95. The van der Waals surface area contributed by atoms with Crippen LogP contribution in [0.5, 0.6) is 0 Å². The van der Waals surface area contributed by atoms with E-state index in [9.17, 15) is 9.59 Å². The van der Waals surface area contributed by atoms with Crippen molar-refractivity contribution in [1.29, 1.82) is 0 Å². The van der Waals surface area contributed by atoms with E-state index in [2.05, 4.69) is 11.9 Å². The first-order chi connectivity index (χ1) is 9.88. The Morgan fingerprint density at radius 3 is 1.90 bits per heavy atom. The number of hydrogen-bond donors (Lipinski definition) is 5. The number of halogens is 1. The highest BCUT2D eigenvalue weighted by atomic mass is 35.5. The van der Waals surface area contributed by atoms with E-state index in [0.717, 1.165) is 19.7 Å². The molecule has 0 spiro atoms. The van der Waals surface area contributed by atoms with Gasteiger partial charge >= 0.3 is 11.9 Å². The third kappa shape index (κ3) is 21.3. The van der Waals surface area contributed by atoms with Gasteiger partial charge in [0.15, 0.2) is 0 Å². The number of aliphatic carboxylic acids is 2. The van der Waals surface area contributed by atoms with Gasteiger partial charge in [-0.05, 0) is 0 Å². The predicted molar refractivity (Wildman–Crippen MR) is 80.5 cm³/mol. The summed E-state index contributed by atoms with van der Waals surface area (Å²) in [5, 5.41) is 19.1. The van der Waals surface area contributed by atoms with Crippen molar-refractivity contribution in [2.24, 2.45) is 11.5 Å². The van der Waals surface area contributed by atoms with Crippen LogP contribution in [0.25, 0.3) is 0 Å². The molecule has 124 valence electrons. The van der Waals surface area contributed by atoms with Crippen molar-refractivity contribution >= 4 is 23.5 Å². The molecule has 9 heteroatoms. The number of nitrogens with one attached hydrogen (secondary N) is 1. The van der Waals surface area contributed by atoms with E-state index in [1.54, 1.807) is 0 Å². The van der Waals surface area contributed by atoms with Gasteiger partial charge < -0.3 is 31.7 Å². The van der Waals surface area contributed by atoms with Crippen LogP contribution in [0.1, 0.15) is 6.42 Å². The van der Waals surface area contributed by atoms with E-state index >= 15 is 0 Å². The molecule has 1 unspecified atom stereocenters. The Labute approximate surface area is 129 Å². The fourth-order valence-corrected chi connectivity index (χ4v) is 0.923. The van der Waals surface area contributed by atoms with Crippen LogP contribution in [0.3, 0.4) is 0 Å². The van der Waals surface area contributed by atoms with E-state index < -0.39 is 18.4 Å². The number of alkyl halides is 1. The fourth-order valence-electron chi connectivity index (χ4n) is 0.744. The highest BCUT2D eigenvalue weighted by Crippen LogP contribution is 2.08. The molecule has 1 rings (SSSR count). The molecular formula is C12H24ClN3O5. The quantitative estimate of drug-likeness (QED) is 0.169. The average Bonchev–Trinajstić information content (AvgIpc) is 3.24. The van der Waals surface area contributed by atoms with E-state index in [1.165, 1.54) is 0 Å². The smallest absolute Gasteiger partial charge is 0.331 e. The number of ether oxygens (including phenoxy) is 1. The summed E-state index contributed by atoms with van der Waals surface area (Å²) in [6, 6.07) is 0. The largest absolute Gasteiger partial charge is 0.481 e. The Morgan fingerprint density at radius 1 is 1.29 bits per heavy atom. The minimum Gasteiger partial charge on any atom is -0.481 e. The Balaban J connectivity index is 0. The maximum absolute atomic E-state index is 9.87. The summed E-state index contributed by atoms with van der Waals surface area (Å²) in [6.45, 7) is 7.03. The van der Waals surface area contributed by atoms with Crippen molar-refractivity contribution < 1.29 is 24.5 Å². The van der Waals surface area contributed by atoms with Crippen molar-refractivity contribution in [2.75, 3.05) is 38.7 Å². The van der Waals surface area contributed by atoms with Gasteiger partial charge in [-0.2, -0.15) is 0 Å². The molecule has 0 aromatic heterocycles. The Kier molecular flexibility index (Phi) is 16.0. The van der Waals surface area contributed by atoms with Crippen LogP contribution in [0.4, 0.5) is 0 Å². The third-order valence-corrected chi connectivity index (χ3v) is 2.23. The van der Waals surface area contributed by atoms with Crippen LogP contribution in [-0.2, 0) is 14.3 Å². The Morgan fingerprint density at radius 2 is 1.76 bits per heavy atom. The summed E-state index contributed by atoms with van der Waals surface area (Å²) < 4.78 is 4.73. The number of rotatable bonds is 8. The van der Waals surface area contributed by atoms with Gasteiger partial charge in [-0.1, -0.05) is 6.58 Å². The molecule has 1 heterocycles. The highest BCUT2D eigenvalue weighted by molar-refractivity contribution is 6.18. The zero-order chi connectivity index (χ0) is 16.7. The van der Waals surface area contributed by atoms with E-state index in [-0.39, 0.29) is 5.57 Å². The van der Waals surface area contributed by atoms with Crippen molar-refractivity contribution in [3.05, 3.63) is 12.2 Å². The molecule has 0 amide bonds. The van der Waals surface area contributed by atoms with Crippen LogP contribution in [-0.4, -0.2) is 66.9 Å². The number of carboxylic acid groups (broad SMARTS) is 2. The minimum atomic E-state index is -1.27. The third-order valence-electron chi connectivity index (χ3n) is 1.88. The zero-order valence-corrected chi connectivity index (χ0v) is 12.6. The standard InChI is InChI=1S/C5H6O4.C4H13N3.C3H5ClO/c1-3(5(8)9)2-4(6)7;5-1-3-7-4-2-6;4-1-3-2-5-3/h1-2H2,(H,6,7)(H,8,9);7H,1-6H2;3H,1-2H2. The van der Waals surface area contributed by atoms with Gasteiger partial charge in [0.05, 0.1) is 25.0 Å². The highest BCUT2D eigenvalue weighted by Gasteiger charge is 2.19. The molecule has 21 heavy (non-hydrogen) atoms. The van der Waals surface area contributed by atoms with Gasteiger partial charge in [0.1, 0.15) is 0 Å². The van der Waals surface area contributed by atoms with Crippen molar-refractivity contribution in [1.82, 2.24) is 5.32 Å².